The first-order valence-corrected chi connectivity index (χ1v) is 7.68. The second-order valence-electron chi connectivity index (χ2n) is 4.16. The summed E-state index contributed by atoms with van der Waals surface area (Å²) >= 11 is 5.13. The summed E-state index contributed by atoms with van der Waals surface area (Å²) in [6.07, 6.45) is 0.885. The van der Waals surface area contributed by atoms with E-state index in [-0.39, 0.29) is 11.5 Å². The number of nitrogen functional groups attached to an aromatic ring is 1. The average Bonchev–Trinajstić information content (AvgIpc) is 2.66. The van der Waals surface area contributed by atoms with Gasteiger partial charge in [0, 0.05) is 17.7 Å². The molecule has 0 spiro atoms. The summed E-state index contributed by atoms with van der Waals surface area (Å²) < 4.78 is 16.3. The summed E-state index contributed by atoms with van der Waals surface area (Å²) in [4.78, 5) is 0.859. The fourth-order valence-corrected chi connectivity index (χ4v) is 3.65. The standard InChI is InChI=1S/C13H15BrFN3S/c1-3-11-13(14)12(18(2)17-11)7-19-8-4-5-10(16)9(15)6-8/h4-6H,3,7,16H2,1-2H3. The number of benzene rings is 1. The smallest absolute Gasteiger partial charge is 0.147 e. The fourth-order valence-electron chi connectivity index (χ4n) is 1.73. The van der Waals surface area contributed by atoms with Gasteiger partial charge < -0.3 is 5.73 Å². The molecule has 102 valence electrons. The molecule has 3 nitrogen and oxygen atoms in total. The number of aryl methyl sites for hydroxylation is 2. The van der Waals surface area contributed by atoms with E-state index >= 15 is 0 Å². The van der Waals surface area contributed by atoms with Crippen LogP contribution in [0.15, 0.2) is 27.6 Å². The van der Waals surface area contributed by atoms with E-state index in [2.05, 4.69) is 28.0 Å². The van der Waals surface area contributed by atoms with Crippen molar-refractivity contribution < 1.29 is 4.39 Å². The van der Waals surface area contributed by atoms with Crippen molar-refractivity contribution in [2.24, 2.45) is 7.05 Å². The number of hydrogen-bond donors (Lipinski definition) is 1. The lowest BCUT2D eigenvalue weighted by Crippen LogP contribution is -1.97. The van der Waals surface area contributed by atoms with Crippen molar-refractivity contribution in [3.8, 4) is 0 Å². The normalized spacial score (nSPS) is 10.9. The Morgan fingerprint density at radius 3 is 2.79 bits per heavy atom. The molecule has 19 heavy (non-hydrogen) atoms. The third-order valence-corrected chi connectivity index (χ3v) is 4.77. The lowest BCUT2D eigenvalue weighted by molar-refractivity contribution is 0.629. The van der Waals surface area contributed by atoms with Gasteiger partial charge in [-0.15, -0.1) is 11.8 Å². The Balaban J connectivity index is 2.14. The topological polar surface area (TPSA) is 43.8 Å². The Hall–Kier alpha value is -1.01. The van der Waals surface area contributed by atoms with Crippen LogP contribution in [0.3, 0.4) is 0 Å². The zero-order valence-corrected chi connectivity index (χ0v) is 13.2. The number of rotatable bonds is 4. The van der Waals surface area contributed by atoms with Gasteiger partial charge in [0.2, 0.25) is 0 Å². The van der Waals surface area contributed by atoms with Crippen molar-refractivity contribution in [2.45, 2.75) is 24.0 Å². The number of anilines is 1. The summed E-state index contributed by atoms with van der Waals surface area (Å²) in [5.74, 6) is 0.358. The van der Waals surface area contributed by atoms with Crippen LogP contribution < -0.4 is 5.73 Å². The summed E-state index contributed by atoms with van der Waals surface area (Å²) in [6.45, 7) is 2.07. The van der Waals surface area contributed by atoms with Crippen molar-refractivity contribution in [2.75, 3.05) is 5.73 Å². The van der Waals surface area contributed by atoms with Crippen LogP contribution in [0.25, 0.3) is 0 Å². The predicted molar refractivity (Wildman–Crippen MR) is 80.7 cm³/mol. The van der Waals surface area contributed by atoms with Gasteiger partial charge in [-0.3, -0.25) is 4.68 Å². The van der Waals surface area contributed by atoms with Crippen LogP contribution in [0.4, 0.5) is 10.1 Å². The number of thioether (sulfide) groups is 1. The molecule has 1 heterocycles. The minimum Gasteiger partial charge on any atom is -0.396 e. The fraction of sp³-hybridized carbons (Fsp3) is 0.308. The highest BCUT2D eigenvalue weighted by atomic mass is 79.9. The van der Waals surface area contributed by atoms with Crippen LogP contribution in [-0.4, -0.2) is 9.78 Å². The van der Waals surface area contributed by atoms with Crippen LogP contribution in [0.2, 0.25) is 0 Å². The molecule has 6 heteroatoms. The first kappa shape index (κ1) is 14.4. The molecule has 1 aromatic heterocycles. The summed E-state index contributed by atoms with van der Waals surface area (Å²) in [5.41, 5.74) is 7.78. The van der Waals surface area contributed by atoms with Crippen molar-refractivity contribution in [3.63, 3.8) is 0 Å². The molecule has 0 bridgehead atoms. The van der Waals surface area contributed by atoms with E-state index in [1.807, 2.05) is 17.8 Å². The van der Waals surface area contributed by atoms with Crippen LogP contribution in [0.5, 0.6) is 0 Å². The molecule has 2 aromatic rings. The molecule has 0 aliphatic heterocycles. The number of hydrogen-bond acceptors (Lipinski definition) is 3. The molecule has 2 N–H and O–H groups in total. The average molecular weight is 344 g/mol. The summed E-state index contributed by atoms with van der Waals surface area (Å²) in [6, 6.07) is 4.88. The van der Waals surface area contributed by atoms with Crippen molar-refractivity contribution in [1.29, 1.82) is 0 Å². The first-order chi connectivity index (χ1) is 9.02. The predicted octanol–water partition coefficient (Wildman–Crippen LogP) is 3.76. The molecule has 1 aromatic carbocycles. The minimum atomic E-state index is -0.372. The van der Waals surface area contributed by atoms with E-state index in [1.54, 1.807) is 17.8 Å². The van der Waals surface area contributed by atoms with Crippen LogP contribution >= 0.6 is 27.7 Å². The Morgan fingerprint density at radius 1 is 1.47 bits per heavy atom. The highest BCUT2D eigenvalue weighted by molar-refractivity contribution is 9.10. The maximum atomic E-state index is 13.4. The molecule has 0 fully saturated rings. The Bertz CT molecular complexity index is 598. The summed E-state index contributed by atoms with van der Waals surface area (Å²) in [5, 5.41) is 4.43. The van der Waals surface area contributed by atoms with E-state index in [0.717, 1.165) is 32.9 Å². The molecule has 0 atom stereocenters. The summed E-state index contributed by atoms with van der Waals surface area (Å²) in [7, 11) is 1.92. The largest absolute Gasteiger partial charge is 0.396 e. The molecule has 0 radical (unpaired) electrons. The molecule has 2 rings (SSSR count). The van der Waals surface area contributed by atoms with Gasteiger partial charge in [-0.05, 0) is 40.5 Å². The highest BCUT2D eigenvalue weighted by Gasteiger charge is 2.12. The number of halogens is 2. The van der Waals surface area contributed by atoms with Gasteiger partial charge in [0.15, 0.2) is 0 Å². The Morgan fingerprint density at radius 2 is 2.21 bits per heavy atom. The van der Waals surface area contributed by atoms with Gasteiger partial charge >= 0.3 is 0 Å². The minimum absolute atomic E-state index is 0.180. The third-order valence-electron chi connectivity index (χ3n) is 2.85. The maximum absolute atomic E-state index is 13.4. The lowest BCUT2D eigenvalue weighted by atomic mass is 10.3. The van der Waals surface area contributed by atoms with Crippen LogP contribution in [0, 0.1) is 5.82 Å². The second-order valence-corrected chi connectivity index (χ2v) is 6.00. The molecular formula is C13H15BrFN3S. The van der Waals surface area contributed by atoms with Gasteiger partial charge in [-0.25, -0.2) is 4.39 Å². The Labute approximate surface area is 124 Å². The molecule has 0 saturated carbocycles. The van der Waals surface area contributed by atoms with Gasteiger partial charge in [0.05, 0.1) is 21.5 Å². The molecular weight excluding hydrogens is 329 g/mol. The molecule has 0 aliphatic carbocycles. The highest BCUT2D eigenvalue weighted by Crippen LogP contribution is 2.30. The van der Waals surface area contributed by atoms with E-state index in [9.17, 15) is 4.39 Å². The molecule has 0 unspecified atom stereocenters. The number of nitrogens with two attached hydrogens (primary N) is 1. The number of aromatic nitrogens is 2. The monoisotopic (exact) mass is 343 g/mol. The SMILES string of the molecule is CCc1nn(C)c(CSc2ccc(N)c(F)c2)c1Br. The third kappa shape index (κ3) is 3.12. The first-order valence-electron chi connectivity index (χ1n) is 5.91. The zero-order valence-electron chi connectivity index (χ0n) is 10.8. The second kappa shape index (κ2) is 5.96. The van der Waals surface area contributed by atoms with Crippen molar-refractivity contribution >= 4 is 33.4 Å². The molecule has 0 saturated heterocycles. The van der Waals surface area contributed by atoms with E-state index in [1.165, 1.54) is 6.07 Å². The maximum Gasteiger partial charge on any atom is 0.147 e. The van der Waals surface area contributed by atoms with E-state index in [4.69, 9.17) is 5.73 Å². The quantitative estimate of drug-likeness (QED) is 0.678. The zero-order chi connectivity index (χ0) is 14.0. The molecule has 0 amide bonds. The van der Waals surface area contributed by atoms with E-state index < -0.39 is 0 Å². The van der Waals surface area contributed by atoms with Crippen molar-refractivity contribution in [3.05, 3.63) is 39.9 Å². The van der Waals surface area contributed by atoms with Crippen LogP contribution in [-0.2, 0) is 19.2 Å². The van der Waals surface area contributed by atoms with Gasteiger partial charge in [-0.2, -0.15) is 5.10 Å². The van der Waals surface area contributed by atoms with E-state index in [0.29, 0.717) is 0 Å². The van der Waals surface area contributed by atoms with Crippen LogP contribution in [0.1, 0.15) is 18.3 Å². The van der Waals surface area contributed by atoms with Gasteiger partial charge in [-0.1, -0.05) is 6.92 Å². The number of nitrogens with zero attached hydrogens (tertiary/aromatic N) is 2. The lowest BCUT2D eigenvalue weighted by Gasteiger charge is -2.04. The van der Waals surface area contributed by atoms with Gasteiger partial charge in [0.25, 0.3) is 0 Å². The van der Waals surface area contributed by atoms with Crippen molar-refractivity contribution in [1.82, 2.24) is 9.78 Å². The van der Waals surface area contributed by atoms with Gasteiger partial charge in [0.1, 0.15) is 5.82 Å². The molecule has 0 aliphatic rings. The Kier molecular flexibility index (Phi) is 4.52.